The first-order valence-electron chi connectivity index (χ1n) is 3.55. The van der Waals surface area contributed by atoms with E-state index in [-0.39, 0.29) is 0 Å². The van der Waals surface area contributed by atoms with Gasteiger partial charge >= 0.3 is 0 Å². The number of hydrogen-bond acceptors (Lipinski definition) is 3. The zero-order valence-electron chi connectivity index (χ0n) is 6.42. The first-order valence-corrected chi connectivity index (χ1v) is 4.43. The first kappa shape index (κ1) is 8.25. The molecule has 0 aliphatic carbocycles. The van der Waals surface area contributed by atoms with E-state index in [0.29, 0.717) is 0 Å². The molecule has 0 saturated heterocycles. The minimum Gasteiger partial charge on any atom is -0.312 e. The summed E-state index contributed by atoms with van der Waals surface area (Å²) in [6.07, 6.45) is 0. The molecule has 0 bridgehead atoms. The maximum absolute atomic E-state index is 8.51. The molecule has 58 valence electrons. The van der Waals surface area contributed by atoms with Crippen LogP contribution in [0, 0.1) is 11.3 Å². The van der Waals surface area contributed by atoms with E-state index in [9.17, 15) is 0 Å². The van der Waals surface area contributed by atoms with Gasteiger partial charge in [0.2, 0.25) is 0 Å². The summed E-state index contributed by atoms with van der Waals surface area (Å²) in [6.45, 7) is 3.92. The van der Waals surface area contributed by atoms with Crippen LogP contribution >= 0.6 is 11.3 Å². The molecule has 0 atom stereocenters. The van der Waals surface area contributed by atoms with Gasteiger partial charge in [0, 0.05) is 16.8 Å². The van der Waals surface area contributed by atoms with Crippen LogP contribution in [0.1, 0.15) is 17.4 Å². The van der Waals surface area contributed by atoms with Gasteiger partial charge in [-0.1, -0.05) is 6.92 Å². The molecule has 0 saturated carbocycles. The van der Waals surface area contributed by atoms with E-state index in [1.165, 1.54) is 4.88 Å². The Bertz CT molecular complexity index is 259. The van der Waals surface area contributed by atoms with Crippen molar-refractivity contribution >= 4 is 11.3 Å². The fourth-order valence-corrected chi connectivity index (χ4v) is 1.56. The summed E-state index contributed by atoms with van der Waals surface area (Å²) in [6, 6.07) is 4.03. The molecule has 3 heteroatoms. The second-order valence-corrected chi connectivity index (χ2v) is 3.19. The highest BCUT2D eigenvalue weighted by atomic mass is 32.1. The second kappa shape index (κ2) is 4.12. The minimum atomic E-state index is 0.767. The lowest BCUT2D eigenvalue weighted by molar-refractivity contribution is 0.735. The summed E-state index contributed by atoms with van der Waals surface area (Å²) >= 11 is 1.63. The van der Waals surface area contributed by atoms with Gasteiger partial charge in [0.15, 0.2) is 0 Å². The Hall–Kier alpha value is -0.850. The molecule has 0 radical (unpaired) electrons. The smallest absolute Gasteiger partial charge is 0.100 e. The number of thiophene rings is 1. The van der Waals surface area contributed by atoms with E-state index in [1.54, 1.807) is 11.3 Å². The van der Waals surface area contributed by atoms with Gasteiger partial charge in [0.05, 0.1) is 5.56 Å². The van der Waals surface area contributed by atoms with Gasteiger partial charge in [-0.05, 0) is 12.6 Å². The van der Waals surface area contributed by atoms with Crippen LogP contribution in [0.3, 0.4) is 0 Å². The van der Waals surface area contributed by atoms with E-state index in [1.807, 2.05) is 11.4 Å². The number of nitriles is 1. The molecule has 1 N–H and O–H groups in total. The molecule has 0 aromatic carbocycles. The fourth-order valence-electron chi connectivity index (χ4n) is 0.780. The first-order chi connectivity index (χ1) is 5.36. The summed E-state index contributed by atoms with van der Waals surface area (Å²) < 4.78 is 0. The Labute approximate surface area is 70.5 Å². The topological polar surface area (TPSA) is 35.8 Å². The van der Waals surface area contributed by atoms with E-state index in [2.05, 4.69) is 18.3 Å². The predicted molar refractivity (Wildman–Crippen MR) is 46.4 cm³/mol. The van der Waals surface area contributed by atoms with Crippen molar-refractivity contribution < 1.29 is 0 Å². The maximum Gasteiger partial charge on any atom is 0.100 e. The van der Waals surface area contributed by atoms with E-state index < -0.39 is 0 Å². The summed E-state index contributed by atoms with van der Waals surface area (Å²) in [5.74, 6) is 0. The molecular weight excluding hydrogens is 156 g/mol. The molecule has 0 aliphatic rings. The van der Waals surface area contributed by atoms with Crippen molar-refractivity contribution in [1.82, 2.24) is 5.32 Å². The minimum absolute atomic E-state index is 0.767. The van der Waals surface area contributed by atoms with Crippen molar-refractivity contribution in [2.75, 3.05) is 6.54 Å². The Morgan fingerprint density at radius 2 is 2.55 bits per heavy atom. The normalized spacial score (nSPS) is 9.45. The Morgan fingerprint density at radius 3 is 3.09 bits per heavy atom. The maximum atomic E-state index is 8.51. The van der Waals surface area contributed by atoms with Gasteiger partial charge in [0.1, 0.15) is 6.07 Å². The third-order valence-corrected chi connectivity index (χ3v) is 2.27. The Balaban J connectivity index is 2.53. The average Bonchev–Trinajstić information content (AvgIpc) is 2.48. The Morgan fingerprint density at radius 1 is 1.73 bits per heavy atom. The van der Waals surface area contributed by atoms with Gasteiger partial charge in [-0.2, -0.15) is 5.26 Å². The molecule has 0 spiro atoms. The molecule has 0 fully saturated rings. The molecule has 0 amide bonds. The van der Waals surface area contributed by atoms with Crippen LogP contribution < -0.4 is 5.32 Å². The molecule has 1 aromatic heterocycles. The lowest BCUT2D eigenvalue weighted by Crippen LogP contribution is -2.10. The zero-order valence-corrected chi connectivity index (χ0v) is 7.24. The highest BCUT2D eigenvalue weighted by molar-refractivity contribution is 7.10. The van der Waals surface area contributed by atoms with Crippen molar-refractivity contribution in [3.8, 4) is 6.07 Å². The van der Waals surface area contributed by atoms with Crippen molar-refractivity contribution in [2.45, 2.75) is 13.5 Å². The molecule has 1 aromatic rings. The zero-order chi connectivity index (χ0) is 8.10. The monoisotopic (exact) mass is 166 g/mol. The number of rotatable bonds is 3. The molecule has 0 aliphatic heterocycles. The molecule has 1 rings (SSSR count). The summed E-state index contributed by atoms with van der Waals surface area (Å²) in [7, 11) is 0. The fraction of sp³-hybridized carbons (Fsp3) is 0.375. The van der Waals surface area contributed by atoms with Crippen LogP contribution in [0.2, 0.25) is 0 Å². The van der Waals surface area contributed by atoms with Gasteiger partial charge in [-0.3, -0.25) is 0 Å². The second-order valence-electron chi connectivity index (χ2n) is 2.19. The van der Waals surface area contributed by atoms with Crippen molar-refractivity contribution in [2.24, 2.45) is 0 Å². The lowest BCUT2D eigenvalue weighted by Gasteiger charge is -1.94. The van der Waals surface area contributed by atoms with Crippen LogP contribution in [-0.2, 0) is 6.54 Å². The summed E-state index contributed by atoms with van der Waals surface area (Å²) in [5.41, 5.74) is 0.767. The van der Waals surface area contributed by atoms with Gasteiger partial charge in [0.25, 0.3) is 0 Å². The molecule has 11 heavy (non-hydrogen) atoms. The summed E-state index contributed by atoms with van der Waals surface area (Å²) in [5, 5.41) is 13.6. The van der Waals surface area contributed by atoms with Gasteiger partial charge < -0.3 is 5.32 Å². The molecule has 2 nitrogen and oxygen atoms in total. The highest BCUT2D eigenvalue weighted by Crippen LogP contribution is 2.12. The van der Waals surface area contributed by atoms with Crippen LogP contribution in [0.15, 0.2) is 11.4 Å². The average molecular weight is 166 g/mol. The van der Waals surface area contributed by atoms with E-state index in [4.69, 9.17) is 5.26 Å². The largest absolute Gasteiger partial charge is 0.312 e. The molecule has 0 unspecified atom stereocenters. The van der Waals surface area contributed by atoms with Gasteiger partial charge in [-0.25, -0.2) is 0 Å². The lowest BCUT2D eigenvalue weighted by atomic mass is 10.3. The van der Waals surface area contributed by atoms with Crippen LogP contribution in [0.5, 0.6) is 0 Å². The van der Waals surface area contributed by atoms with Crippen molar-refractivity contribution in [3.63, 3.8) is 0 Å². The van der Waals surface area contributed by atoms with Crippen molar-refractivity contribution in [1.29, 1.82) is 5.26 Å². The highest BCUT2D eigenvalue weighted by Gasteiger charge is 1.96. The number of hydrogen-bond donors (Lipinski definition) is 1. The Kier molecular flexibility index (Phi) is 3.09. The SMILES string of the molecule is CCNCc1cc(C#N)cs1. The van der Waals surface area contributed by atoms with Crippen LogP contribution in [0.25, 0.3) is 0 Å². The predicted octanol–water partition coefficient (Wildman–Crippen LogP) is 1.73. The quantitative estimate of drug-likeness (QED) is 0.742. The number of nitrogens with zero attached hydrogens (tertiary/aromatic N) is 1. The molecule has 1 heterocycles. The third-order valence-electron chi connectivity index (χ3n) is 1.33. The van der Waals surface area contributed by atoms with Crippen LogP contribution in [0.4, 0.5) is 0 Å². The molecular formula is C8H10N2S. The number of nitrogens with one attached hydrogen (secondary N) is 1. The standard InChI is InChI=1S/C8H10N2S/c1-2-10-5-8-3-7(4-9)6-11-8/h3,6,10H,2,5H2,1H3. The van der Waals surface area contributed by atoms with E-state index in [0.717, 1.165) is 18.7 Å². The summed E-state index contributed by atoms with van der Waals surface area (Å²) in [4.78, 5) is 1.23. The van der Waals surface area contributed by atoms with Gasteiger partial charge in [-0.15, -0.1) is 11.3 Å². The third kappa shape index (κ3) is 2.34. The van der Waals surface area contributed by atoms with Crippen molar-refractivity contribution in [3.05, 3.63) is 21.9 Å². The van der Waals surface area contributed by atoms with E-state index >= 15 is 0 Å². The van der Waals surface area contributed by atoms with Crippen LogP contribution in [-0.4, -0.2) is 6.54 Å².